The van der Waals surface area contributed by atoms with Crippen molar-refractivity contribution in [1.29, 1.82) is 0 Å². The molecule has 0 radical (unpaired) electrons. The summed E-state index contributed by atoms with van der Waals surface area (Å²) in [5.41, 5.74) is 4.36. The first kappa shape index (κ1) is 16.9. The van der Waals surface area contributed by atoms with Gasteiger partial charge in [0.25, 0.3) is 0 Å². The largest absolute Gasteiger partial charge is 0.377 e. The van der Waals surface area contributed by atoms with Crippen LogP contribution in [0.25, 0.3) is 0 Å². The number of nitrogens with two attached hydrogens (primary N) is 1. The summed E-state index contributed by atoms with van der Waals surface area (Å²) >= 11 is 3.47. The van der Waals surface area contributed by atoms with Crippen LogP contribution in [-0.4, -0.2) is 23.7 Å². The van der Waals surface area contributed by atoms with Crippen LogP contribution < -0.4 is 11.3 Å². The Morgan fingerprint density at radius 1 is 1.33 bits per heavy atom. The predicted molar refractivity (Wildman–Crippen MR) is 88.7 cm³/mol. The Bertz CT molecular complexity index is 468. The number of hydrazine groups is 1. The molecule has 118 valence electrons. The predicted octanol–water partition coefficient (Wildman–Crippen LogP) is 3.20. The monoisotopic (exact) mass is 355 g/mol. The van der Waals surface area contributed by atoms with Crippen LogP contribution in [0.1, 0.15) is 45.1 Å². The molecule has 0 spiro atoms. The molecule has 1 aliphatic rings. The van der Waals surface area contributed by atoms with E-state index in [1.54, 1.807) is 6.20 Å². The van der Waals surface area contributed by atoms with E-state index in [0.29, 0.717) is 5.41 Å². The molecule has 5 heteroatoms. The van der Waals surface area contributed by atoms with Gasteiger partial charge in [-0.3, -0.25) is 16.3 Å². The maximum atomic E-state index is 5.95. The minimum atomic E-state index is -0.188. The van der Waals surface area contributed by atoms with Crippen molar-refractivity contribution < 1.29 is 4.74 Å². The van der Waals surface area contributed by atoms with Crippen molar-refractivity contribution in [2.75, 3.05) is 7.11 Å². The molecule has 4 nitrogen and oxygen atoms in total. The highest BCUT2D eigenvalue weighted by Gasteiger charge is 2.43. The third-order valence-corrected chi connectivity index (χ3v) is 5.33. The second-order valence-electron chi connectivity index (χ2n) is 6.87. The molecule has 1 aromatic heterocycles. The Kier molecular flexibility index (Phi) is 5.41. The first-order chi connectivity index (χ1) is 9.91. The number of hydrogen-bond donors (Lipinski definition) is 2. The van der Waals surface area contributed by atoms with E-state index in [-0.39, 0.29) is 11.6 Å². The van der Waals surface area contributed by atoms with Gasteiger partial charge in [0, 0.05) is 24.0 Å². The SMILES string of the molecule is COC1(C(Cc2cncc(Br)c2)NN)CCC(C)(C)CC1. The number of ether oxygens (including phenoxy) is 1. The van der Waals surface area contributed by atoms with Crippen LogP contribution in [0, 0.1) is 5.41 Å². The first-order valence-electron chi connectivity index (χ1n) is 7.51. The fraction of sp³-hybridized carbons (Fsp3) is 0.688. The van der Waals surface area contributed by atoms with Gasteiger partial charge in [-0.15, -0.1) is 0 Å². The molecular formula is C16H26BrN3O. The number of pyridine rings is 1. The van der Waals surface area contributed by atoms with Gasteiger partial charge in [0.05, 0.1) is 11.6 Å². The molecule has 3 N–H and O–H groups in total. The Hall–Kier alpha value is -0.490. The molecule has 1 aromatic rings. The summed E-state index contributed by atoms with van der Waals surface area (Å²) in [4.78, 5) is 4.23. The second kappa shape index (κ2) is 6.73. The van der Waals surface area contributed by atoms with E-state index in [1.807, 2.05) is 13.3 Å². The highest BCUT2D eigenvalue weighted by molar-refractivity contribution is 9.10. The summed E-state index contributed by atoms with van der Waals surface area (Å²) in [6.07, 6.45) is 8.90. The number of aromatic nitrogens is 1. The van der Waals surface area contributed by atoms with Crippen LogP contribution in [0.15, 0.2) is 22.9 Å². The molecule has 0 aliphatic heterocycles. The van der Waals surface area contributed by atoms with Gasteiger partial charge in [0.1, 0.15) is 0 Å². The molecule has 1 aliphatic carbocycles. The quantitative estimate of drug-likeness (QED) is 0.628. The Labute approximate surface area is 136 Å². The topological polar surface area (TPSA) is 60.2 Å². The number of nitrogens with zero attached hydrogens (tertiary/aromatic N) is 1. The molecule has 0 amide bonds. The van der Waals surface area contributed by atoms with E-state index in [0.717, 1.165) is 42.1 Å². The van der Waals surface area contributed by atoms with Crippen LogP contribution in [0.5, 0.6) is 0 Å². The van der Waals surface area contributed by atoms with Gasteiger partial charge in [0.2, 0.25) is 0 Å². The van der Waals surface area contributed by atoms with Crippen LogP contribution in [0.2, 0.25) is 0 Å². The average molecular weight is 356 g/mol. The number of halogens is 1. The van der Waals surface area contributed by atoms with Gasteiger partial charge < -0.3 is 4.74 Å². The highest BCUT2D eigenvalue weighted by atomic mass is 79.9. The van der Waals surface area contributed by atoms with E-state index >= 15 is 0 Å². The van der Waals surface area contributed by atoms with Crippen molar-refractivity contribution in [1.82, 2.24) is 10.4 Å². The number of hydrogen-bond acceptors (Lipinski definition) is 4. The summed E-state index contributed by atoms with van der Waals surface area (Å²) in [6.45, 7) is 4.66. The Morgan fingerprint density at radius 2 is 2.00 bits per heavy atom. The first-order valence-corrected chi connectivity index (χ1v) is 8.31. The molecule has 2 rings (SSSR count). The van der Waals surface area contributed by atoms with Gasteiger partial charge >= 0.3 is 0 Å². The molecule has 0 saturated heterocycles. The fourth-order valence-electron chi connectivity index (χ4n) is 3.24. The summed E-state index contributed by atoms with van der Waals surface area (Å²) < 4.78 is 6.95. The molecule has 1 saturated carbocycles. The standard InChI is InChI=1S/C16H26BrN3O/c1-15(2)4-6-16(21-3,7-5-15)14(20-18)9-12-8-13(17)11-19-10-12/h8,10-11,14,20H,4-7,9,18H2,1-3H3. The zero-order valence-electron chi connectivity index (χ0n) is 13.2. The molecule has 21 heavy (non-hydrogen) atoms. The summed E-state index contributed by atoms with van der Waals surface area (Å²) in [5.74, 6) is 5.86. The van der Waals surface area contributed by atoms with Crippen molar-refractivity contribution >= 4 is 15.9 Å². The third kappa shape index (κ3) is 4.03. The van der Waals surface area contributed by atoms with Gasteiger partial charge in [-0.1, -0.05) is 13.8 Å². The van der Waals surface area contributed by atoms with Crippen molar-refractivity contribution in [2.45, 2.75) is 57.6 Å². The lowest BCUT2D eigenvalue weighted by Crippen LogP contribution is -2.57. The molecular weight excluding hydrogens is 330 g/mol. The van der Waals surface area contributed by atoms with E-state index in [9.17, 15) is 0 Å². The van der Waals surface area contributed by atoms with Gasteiger partial charge in [-0.25, -0.2) is 0 Å². The van der Waals surface area contributed by atoms with Gasteiger partial charge in [-0.05, 0) is 65.1 Å². The summed E-state index contributed by atoms with van der Waals surface area (Å²) in [5, 5.41) is 0. The lowest BCUT2D eigenvalue weighted by Gasteiger charge is -2.46. The molecule has 0 aromatic carbocycles. The van der Waals surface area contributed by atoms with E-state index in [4.69, 9.17) is 10.6 Å². The lowest BCUT2D eigenvalue weighted by molar-refractivity contribution is -0.0862. The molecule has 1 fully saturated rings. The van der Waals surface area contributed by atoms with Crippen molar-refractivity contribution in [3.05, 3.63) is 28.5 Å². The lowest BCUT2D eigenvalue weighted by atomic mass is 9.68. The summed E-state index contributed by atoms with van der Waals surface area (Å²) in [6, 6.07) is 2.18. The third-order valence-electron chi connectivity index (χ3n) is 4.89. The van der Waals surface area contributed by atoms with Crippen molar-refractivity contribution in [3.8, 4) is 0 Å². The second-order valence-corrected chi connectivity index (χ2v) is 7.78. The zero-order valence-corrected chi connectivity index (χ0v) is 14.7. The van der Waals surface area contributed by atoms with E-state index < -0.39 is 0 Å². The fourth-order valence-corrected chi connectivity index (χ4v) is 3.66. The van der Waals surface area contributed by atoms with Crippen molar-refractivity contribution in [3.63, 3.8) is 0 Å². The average Bonchev–Trinajstić information content (AvgIpc) is 2.46. The number of nitrogens with one attached hydrogen (secondary N) is 1. The number of methoxy groups -OCH3 is 1. The van der Waals surface area contributed by atoms with Gasteiger partial charge in [0.15, 0.2) is 0 Å². The molecule has 1 unspecified atom stereocenters. The van der Waals surface area contributed by atoms with E-state index in [2.05, 4.69) is 46.3 Å². The Balaban J connectivity index is 2.14. The minimum Gasteiger partial charge on any atom is -0.377 e. The van der Waals surface area contributed by atoms with Crippen LogP contribution in [0.4, 0.5) is 0 Å². The normalized spacial score (nSPS) is 22.0. The minimum absolute atomic E-state index is 0.0923. The smallest absolute Gasteiger partial charge is 0.0848 e. The molecule has 1 heterocycles. The maximum Gasteiger partial charge on any atom is 0.0848 e. The van der Waals surface area contributed by atoms with E-state index in [1.165, 1.54) is 0 Å². The summed E-state index contributed by atoms with van der Waals surface area (Å²) in [7, 11) is 1.81. The molecule has 1 atom stereocenters. The van der Waals surface area contributed by atoms with Crippen molar-refractivity contribution in [2.24, 2.45) is 11.3 Å². The highest BCUT2D eigenvalue weighted by Crippen LogP contribution is 2.43. The molecule has 0 bridgehead atoms. The van der Waals surface area contributed by atoms with Crippen LogP contribution >= 0.6 is 15.9 Å². The number of rotatable bonds is 5. The van der Waals surface area contributed by atoms with Gasteiger partial charge in [-0.2, -0.15) is 0 Å². The van der Waals surface area contributed by atoms with Crippen LogP contribution in [-0.2, 0) is 11.2 Å². The Morgan fingerprint density at radius 3 is 2.52 bits per heavy atom. The van der Waals surface area contributed by atoms with Crippen LogP contribution in [0.3, 0.4) is 0 Å². The maximum absolute atomic E-state index is 5.95. The zero-order chi connectivity index (χ0) is 15.5.